The number of benzene rings is 2. The summed E-state index contributed by atoms with van der Waals surface area (Å²) in [7, 11) is 0. The van der Waals surface area contributed by atoms with Crippen LogP contribution in [0.15, 0.2) is 48.5 Å². The van der Waals surface area contributed by atoms with Gasteiger partial charge in [-0.15, -0.1) is 11.3 Å². The second-order valence-electron chi connectivity index (χ2n) is 6.35. The molecule has 0 bridgehead atoms. The van der Waals surface area contributed by atoms with Gasteiger partial charge in [-0.05, 0) is 38.1 Å². The summed E-state index contributed by atoms with van der Waals surface area (Å²) in [6.45, 7) is -0.00687. The normalized spacial score (nSPS) is 11.8. The zero-order chi connectivity index (χ0) is 22.5. The standard InChI is InChI=1S/C21H17ClF2N2O4S/c1-11-17(31-19(25-11)13-7-9-14(22)10-8-13)20(28)29-12(2)18(27)26-15-5-3-4-6-16(15)30-21(23)24/h3-10,12,21H,1-2H3,(H,26,27). The highest BCUT2D eigenvalue weighted by molar-refractivity contribution is 7.17. The van der Waals surface area contributed by atoms with Gasteiger partial charge in [-0.2, -0.15) is 8.78 Å². The molecule has 0 spiro atoms. The number of carbonyl (C=O) groups excluding carboxylic acids is 2. The van der Waals surface area contributed by atoms with Crippen LogP contribution < -0.4 is 10.1 Å². The third-order valence-corrected chi connectivity index (χ3v) is 5.53. The zero-order valence-corrected chi connectivity index (χ0v) is 18.0. The average molecular weight is 467 g/mol. The molecule has 0 fully saturated rings. The number of anilines is 1. The van der Waals surface area contributed by atoms with E-state index in [2.05, 4.69) is 15.0 Å². The second kappa shape index (κ2) is 9.84. The molecule has 31 heavy (non-hydrogen) atoms. The predicted molar refractivity (Wildman–Crippen MR) is 114 cm³/mol. The lowest BCUT2D eigenvalue weighted by Gasteiger charge is -2.15. The molecule has 1 atom stereocenters. The van der Waals surface area contributed by atoms with Gasteiger partial charge in [0.05, 0.1) is 11.4 Å². The Morgan fingerprint density at radius 2 is 1.81 bits per heavy atom. The molecule has 3 rings (SSSR count). The lowest BCUT2D eigenvalue weighted by Crippen LogP contribution is -2.30. The van der Waals surface area contributed by atoms with E-state index >= 15 is 0 Å². The number of nitrogens with zero attached hydrogens (tertiary/aromatic N) is 1. The van der Waals surface area contributed by atoms with Gasteiger partial charge >= 0.3 is 12.6 Å². The Bertz CT molecular complexity index is 1090. The van der Waals surface area contributed by atoms with E-state index < -0.39 is 24.6 Å². The minimum atomic E-state index is -3.04. The molecule has 0 aliphatic heterocycles. The summed E-state index contributed by atoms with van der Waals surface area (Å²) >= 11 is 7.02. The molecule has 10 heteroatoms. The molecule has 162 valence electrons. The van der Waals surface area contributed by atoms with Gasteiger partial charge in [0, 0.05) is 10.6 Å². The number of hydrogen-bond donors (Lipinski definition) is 1. The molecule has 0 aliphatic rings. The van der Waals surface area contributed by atoms with Crippen LogP contribution in [0.2, 0.25) is 5.02 Å². The maximum Gasteiger partial charge on any atom is 0.387 e. The van der Waals surface area contributed by atoms with Crippen LogP contribution in [0.1, 0.15) is 22.3 Å². The number of hydrogen-bond acceptors (Lipinski definition) is 6. The number of para-hydroxylation sites is 2. The van der Waals surface area contributed by atoms with Crippen molar-refractivity contribution in [1.29, 1.82) is 0 Å². The predicted octanol–water partition coefficient (Wildman–Crippen LogP) is 5.56. The van der Waals surface area contributed by atoms with Crippen molar-refractivity contribution in [2.75, 3.05) is 5.32 Å². The largest absolute Gasteiger partial charge is 0.448 e. The summed E-state index contributed by atoms with van der Waals surface area (Å²) in [6, 6.07) is 12.7. The molecule has 1 heterocycles. The Kier molecular flexibility index (Phi) is 7.19. The maximum absolute atomic E-state index is 12.6. The zero-order valence-electron chi connectivity index (χ0n) is 16.4. The first-order valence-electron chi connectivity index (χ1n) is 9.03. The van der Waals surface area contributed by atoms with E-state index in [-0.39, 0.29) is 16.3 Å². The number of alkyl halides is 2. The Labute approximate surface area is 185 Å². The summed E-state index contributed by atoms with van der Waals surface area (Å²) < 4.78 is 34.7. The average Bonchev–Trinajstić information content (AvgIpc) is 3.11. The van der Waals surface area contributed by atoms with Crippen molar-refractivity contribution in [3.8, 4) is 16.3 Å². The van der Waals surface area contributed by atoms with Crippen LogP contribution in [0.5, 0.6) is 5.75 Å². The highest BCUT2D eigenvalue weighted by Crippen LogP contribution is 2.30. The molecule has 1 unspecified atom stereocenters. The number of amides is 1. The van der Waals surface area contributed by atoms with Crippen LogP contribution in [-0.2, 0) is 9.53 Å². The van der Waals surface area contributed by atoms with Crippen LogP contribution in [0.4, 0.5) is 14.5 Å². The molecule has 1 aromatic heterocycles. The van der Waals surface area contributed by atoms with Crippen LogP contribution in [0, 0.1) is 6.92 Å². The molecule has 0 radical (unpaired) electrons. The first-order valence-corrected chi connectivity index (χ1v) is 10.2. The fourth-order valence-corrected chi connectivity index (χ4v) is 3.65. The van der Waals surface area contributed by atoms with Crippen molar-refractivity contribution in [3.63, 3.8) is 0 Å². The monoisotopic (exact) mass is 466 g/mol. The Hall–Kier alpha value is -3.04. The van der Waals surface area contributed by atoms with Gasteiger partial charge in [0.25, 0.3) is 5.91 Å². The smallest absolute Gasteiger partial charge is 0.387 e. The summed E-state index contributed by atoms with van der Waals surface area (Å²) in [4.78, 5) is 29.6. The van der Waals surface area contributed by atoms with Gasteiger partial charge in [0.1, 0.15) is 15.6 Å². The Balaban J connectivity index is 1.68. The van der Waals surface area contributed by atoms with Crippen LogP contribution >= 0.6 is 22.9 Å². The van der Waals surface area contributed by atoms with Gasteiger partial charge in [-0.3, -0.25) is 4.79 Å². The molecule has 1 amide bonds. The third-order valence-electron chi connectivity index (χ3n) is 4.09. The fourth-order valence-electron chi connectivity index (χ4n) is 2.57. The van der Waals surface area contributed by atoms with E-state index in [0.29, 0.717) is 15.7 Å². The van der Waals surface area contributed by atoms with Gasteiger partial charge in [0.2, 0.25) is 0 Å². The molecule has 2 aromatic carbocycles. The molecular formula is C21H17ClF2N2O4S. The maximum atomic E-state index is 12.6. The number of aryl methyl sites for hydroxylation is 1. The second-order valence-corrected chi connectivity index (χ2v) is 7.79. The Morgan fingerprint density at radius 3 is 2.48 bits per heavy atom. The van der Waals surface area contributed by atoms with Crippen LogP contribution in [0.3, 0.4) is 0 Å². The highest BCUT2D eigenvalue weighted by atomic mass is 35.5. The molecular weight excluding hydrogens is 450 g/mol. The van der Waals surface area contributed by atoms with Gasteiger partial charge < -0.3 is 14.8 Å². The third kappa shape index (κ3) is 5.77. The quantitative estimate of drug-likeness (QED) is 0.461. The fraction of sp³-hybridized carbons (Fsp3) is 0.190. The van der Waals surface area contributed by atoms with Crippen LogP contribution in [0.25, 0.3) is 10.6 Å². The SMILES string of the molecule is Cc1nc(-c2ccc(Cl)cc2)sc1C(=O)OC(C)C(=O)Nc1ccccc1OC(F)F. The summed E-state index contributed by atoms with van der Waals surface area (Å²) in [6.07, 6.45) is -1.19. The number of thiazole rings is 1. The van der Waals surface area contributed by atoms with E-state index in [9.17, 15) is 18.4 Å². The van der Waals surface area contributed by atoms with E-state index in [1.807, 2.05) is 0 Å². The number of nitrogens with one attached hydrogen (secondary N) is 1. The summed E-state index contributed by atoms with van der Waals surface area (Å²) in [5.74, 6) is -1.61. The molecule has 1 N–H and O–H groups in total. The minimum absolute atomic E-state index is 0.0368. The molecule has 0 aliphatic carbocycles. The number of aromatic nitrogens is 1. The molecule has 0 saturated heterocycles. The summed E-state index contributed by atoms with van der Waals surface area (Å²) in [5.41, 5.74) is 1.29. The number of halogens is 3. The first-order chi connectivity index (χ1) is 14.7. The van der Waals surface area contributed by atoms with Crippen molar-refractivity contribution in [3.05, 3.63) is 64.1 Å². The van der Waals surface area contributed by atoms with Gasteiger partial charge in [0.15, 0.2) is 6.10 Å². The topological polar surface area (TPSA) is 77.5 Å². The number of ether oxygens (including phenoxy) is 2. The number of rotatable bonds is 7. The van der Waals surface area contributed by atoms with Crippen LogP contribution in [-0.4, -0.2) is 29.6 Å². The van der Waals surface area contributed by atoms with Crippen molar-refractivity contribution >= 4 is 40.5 Å². The van der Waals surface area contributed by atoms with Crippen molar-refractivity contribution in [2.24, 2.45) is 0 Å². The minimum Gasteiger partial charge on any atom is -0.448 e. The molecule has 6 nitrogen and oxygen atoms in total. The van der Waals surface area contributed by atoms with Crippen molar-refractivity contribution in [1.82, 2.24) is 4.98 Å². The lowest BCUT2D eigenvalue weighted by atomic mass is 10.2. The Morgan fingerprint density at radius 1 is 1.13 bits per heavy atom. The summed E-state index contributed by atoms with van der Waals surface area (Å²) in [5, 5.41) is 3.61. The van der Waals surface area contributed by atoms with E-state index in [1.54, 1.807) is 37.3 Å². The van der Waals surface area contributed by atoms with E-state index in [1.165, 1.54) is 25.1 Å². The molecule has 0 saturated carbocycles. The van der Waals surface area contributed by atoms with Crippen molar-refractivity contribution < 1.29 is 27.8 Å². The van der Waals surface area contributed by atoms with E-state index in [0.717, 1.165) is 16.9 Å². The van der Waals surface area contributed by atoms with Gasteiger partial charge in [-0.1, -0.05) is 35.9 Å². The molecule has 3 aromatic rings. The van der Waals surface area contributed by atoms with Gasteiger partial charge in [-0.25, -0.2) is 9.78 Å². The number of esters is 1. The lowest BCUT2D eigenvalue weighted by molar-refractivity contribution is -0.123. The van der Waals surface area contributed by atoms with E-state index in [4.69, 9.17) is 16.3 Å². The van der Waals surface area contributed by atoms with Crippen molar-refractivity contribution in [2.45, 2.75) is 26.6 Å². The highest BCUT2D eigenvalue weighted by Gasteiger charge is 2.24. The number of carbonyl (C=O) groups is 2. The first kappa shape index (κ1) is 22.6.